The number of anilines is 1. The SMILES string of the molecule is CC(C)(C)OC(=O)NN1c2ccccc2C2CCC=CC21. The molecular formula is C17H22N2O2. The van der Waals surface area contributed by atoms with Crippen LogP contribution in [0.15, 0.2) is 36.4 Å². The van der Waals surface area contributed by atoms with Gasteiger partial charge in [0, 0.05) is 5.92 Å². The molecule has 4 heteroatoms. The molecule has 21 heavy (non-hydrogen) atoms. The van der Waals surface area contributed by atoms with E-state index < -0.39 is 11.7 Å². The monoisotopic (exact) mass is 286 g/mol. The largest absolute Gasteiger partial charge is 0.443 e. The lowest BCUT2D eigenvalue weighted by Gasteiger charge is -2.31. The maximum atomic E-state index is 12.1. The highest BCUT2D eigenvalue weighted by atomic mass is 16.6. The average Bonchev–Trinajstić information content (AvgIpc) is 2.72. The predicted octanol–water partition coefficient (Wildman–Crippen LogP) is 3.75. The highest BCUT2D eigenvalue weighted by Crippen LogP contribution is 2.44. The topological polar surface area (TPSA) is 41.6 Å². The Labute approximate surface area is 125 Å². The second-order valence-electron chi connectivity index (χ2n) is 6.65. The van der Waals surface area contributed by atoms with Crippen LogP contribution in [0.25, 0.3) is 0 Å². The molecule has 0 radical (unpaired) electrons. The van der Waals surface area contributed by atoms with Crippen molar-refractivity contribution in [2.75, 3.05) is 5.01 Å². The van der Waals surface area contributed by atoms with E-state index in [2.05, 4.69) is 35.8 Å². The molecule has 1 aromatic rings. The van der Waals surface area contributed by atoms with Crippen LogP contribution in [0.2, 0.25) is 0 Å². The lowest BCUT2D eigenvalue weighted by atomic mass is 9.87. The summed E-state index contributed by atoms with van der Waals surface area (Å²) in [6.07, 6.45) is 6.18. The standard InChI is InChI=1S/C17H22N2O2/c1-17(2,3)21-16(20)18-19-14-10-6-4-8-12(14)13-9-5-7-11-15(13)19/h4,6-8,10-11,13,15H,5,9H2,1-3H3,(H,18,20). The summed E-state index contributed by atoms with van der Waals surface area (Å²) >= 11 is 0. The molecule has 0 spiro atoms. The molecule has 1 amide bonds. The molecule has 1 aromatic carbocycles. The van der Waals surface area contributed by atoms with E-state index >= 15 is 0 Å². The van der Waals surface area contributed by atoms with E-state index in [0.29, 0.717) is 5.92 Å². The summed E-state index contributed by atoms with van der Waals surface area (Å²) in [5.41, 5.74) is 4.80. The number of carbonyl (C=O) groups excluding carboxylic acids is 1. The summed E-state index contributed by atoms with van der Waals surface area (Å²) in [6.45, 7) is 5.61. The zero-order valence-electron chi connectivity index (χ0n) is 12.8. The number of nitrogens with zero attached hydrogens (tertiary/aromatic N) is 1. The van der Waals surface area contributed by atoms with Crippen LogP contribution >= 0.6 is 0 Å². The number of rotatable bonds is 1. The van der Waals surface area contributed by atoms with Crippen LogP contribution in [0.5, 0.6) is 0 Å². The number of ether oxygens (including phenoxy) is 1. The van der Waals surface area contributed by atoms with Crippen LogP contribution in [-0.4, -0.2) is 17.7 Å². The summed E-state index contributed by atoms with van der Waals surface area (Å²) < 4.78 is 5.38. The number of nitrogens with one attached hydrogen (secondary N) is 1. The number of carbonyl (C=O) groups is 1. The smallest absolute Gasteiger partial charge is 0.426 e. The van der Waals surface area contributed by atoms with E-state index in [9.17, 15) is 4.79 Å². The van der Waals surface area contributed by atoms with Gasteiger partial charge in [0.2, 0.25) is 0 Å². The highest BCUT2D eigenvalue weighted by molar-refractivity contribution is 5.74. The third-order valence-electron chi connectivity index (χ3n) is 3.89. The molecule has 3 rings (SSSR count). The minimum atomic E-state index is -0.495. The molecule has 4 nitrogen and oxygen atoms in total. The van der Waals surface area contributed by atoms with Crippen molar-refractivity contribution in [2.45, 2.75) is 51.2 Å². The van der Waals surface area contributed by atoms with Gasteiger partial charge in [-0.3, -0.25) is 5.01 Å². The maximum Gasteiger partial charge on any atom is 0.426 e. The first-order valence-corrected chi connectivity index (χ1v) is 7.50. The van der Waals surface area contributed by atoms with Crippen LogP contribution in [0.1, 0.15) is 45.1 Å². The number of fused-ring (bicyclic) bond motifs is 3. The minimum absolute atomic E-state index is 0.184. The van der Waals surface area contributed by atoms with E-state index in [-0.39, 0.29) is 6.04 Å². The summed E-state index contributed by atoms with van der Waals surface area (Å²) in [5.74, 6) is 0.445. The van der Waals surface area contributed by atoms with Gasteiger partial charge in [0.15, 0.2) is 0 Å². The molecule has 0 saturated heterocycles. The number of hydrogen-bond acceptors (Lipinski definition) is 3. The molecule has 1 heterocycles. The predicted molar refractivity (Wildman–Crippen MR) is 83.2 cm³/mol. The molecular weight excluding hydrogens is 264 g/mol. The van der Waals surface area contributed by atoms with Gasteiger partial charge in [-0.1, -0.05) is 30.4 Å². The van der Waals surface area contributed by atoms with Crippen molar-refractivity contribution in [3.8, 4) is 0 Å². The van der Waals surface area contributed by atoms with Crippen LogP contribution in [0, 0.1) is 0 Å². The highest BCUT2D eigenvalue weighted by Gasteiger charge is 2.39. The van der Waals surface area contributed by atoms with Gasteiger partial charge in [-0.2, -0.15) is 0 Å². The average molecular weight is 286 g/mol. The van der Waals surface area contributed by atoms with Crippen molar-refractivity contribution >= 4 is 11.8 Å². The van der Waals surface area contributed by atoms with Crippen molar-refractivity contribution in [3.63, 3.8) is 0 Å². The number of hydrazine groups is 1. The van der Waals surface area contributed by atoms with Gasteiger partial charge in [0.25, 0.3) is 0 Å². The molecule has 2 atom stereocenters. The van der Waals surface area contributed by atoms with Crippen LogP contribution in [-0.2, 0) is 4.74 Å². The van der Waals surface area contributed by atoms with E-state index in [1.165, 1.54) is 5.56 Å². The number of amides is 1. The van der Waals surface area contributed by atoms with Crippen LogP contribution in [0.4, 0.5) is 10.5 Å². The number of allylic oxidation sites excluding steroid dienone is 1. The first kappa shape index (κ1) is 14.0. The van der Waals surface area contributed by atoms with Gasteiger partial charge in [0.1, 0.15) is 5.60 Å². The van der Waals surface area contributed by atoms with Crippen molar-refractivity contribution in [3.05, 3.63) is 42.0 Å². The second-order valence-corrected chi connectivity index (χ2v) is 6.65. The van der Waals surface area contributed by atoms with E-state index in [0.717, 1.165) is 18.5 Å². The molecule has 1 aliphatic carbocycles. The number of para-hydroxylation sites is 1. The van der Waals surface area contributed by atoms with Gasteiger partial charge < -0.3 is 4.74 Å². The molecule has 1 N–H and O–H groups in total. The van der Waals surface area contributed by atoms with Crippen molar-refractivity contribution in [1.82, 2.24) is 5.43 Å². The Morgan fingerprint density at radius 2 is 2.10 bits per heavy atom. The molecule has 0 aromatic heterocycles. The summed E-state index contributed by atoms with van der Waals surface area (Å²) in [6, 6.07) is 8.46. The Balaban J connectivity index is 1.85. The Kier molecular flexibility index (Phi) is 3.40. The Morgan fingerprint density at radius 1 is 1.33 bits per heavy atom. The molecule has 0 fully saturated rings. The fraction of sp³-hybridized carbons (Fsp3) is 0.471. The van der Waals surface area contributed by atoms with Gasteiger partial charge >= 0.3 is 6.09 Å². The van der Waals surface area contributed by atoms with Gasteiger partial charge in [-0.25, -0.2) is 10.2 Å². The molecule has 2 aliphatic rings. The van der Waals surface area contributed by atoms with Gasteiger partial charge in [0.05, 0.1) is 11.7 Å². The quantitative estimate of drug-likeness (QED) is 0.799. The van der Waals surface area contributed by atoms with E-state index in [1.807, 2.05) is 31.8 Å². The molecule has 1 aliphatic heterocycles. The second kappa shape index (κ2) is 5.10. The summed E-state index contributed by atoms with van der Waals surface area (Å²) in [7, 11) is 0. The van der Waals surface area contributed by atoms with E-state index in [1.54, 1.807) is 0 Å². The summed E-state index contributed by atoms with van der Waals surface area (Å²) in [4.78, 5) is 12.1. The Bertz CT molecular complexity index is 574. The molecule has 2 unspecified atom stereocenters. The Morgan fingerprint density at radius 3 is 2.86 bits per heavy atom. The van der Waals surface area contributed by atoms with Gasteiger partial charge in [-0.15, -0.1) is 0 Å². The number of hydrogen-bond donors (Lipinski definition) is 1. The fourth-order valence-electron chi connectivity index (χ4n) is 3.14. The molecule has 0 saturated carbocycles. The number of benzene rings is 1. The minimum Gasteiger partial charge on any atom is -0.443 e. The third-order valence-corrected chi connectivity index (χ3v) is 3.89. The van der Waals surface area contributed by atoms with Crippen molar-refractivity contribution in [1.29, 1.82) is 0 Å². The third kappa shape index (κ3) is 2.75. The molecule has 0 bridgehead atoms. The zero-order chi connectivity index (χ0) is 15.0. The van der Waals surface area contributed by atoms with Gasteiger partial charge in [-0.05, 0) is 45.2 Å². The fourth-order valence-corrected chi connectivity index (χ4v) is 3.14. The van der Waals surface area contributed by atoms with Crippen LogP contribution in [0.3, 0.4) is 0 Å². The van der Waals surface area contributed by atoms with Crippen molar-refractivity contribution in [2.24, 2.45) is 0 Å². The lowest BCUT2D eigenvalue weighted by molar-refractivity contribution is 0.0517. The lowest BCUT2D eigenvalue weighted by Crippen LogP contribution is -2.49. The zero-order valence-corrected chi connectivity index (χ0v) is 12.8. The first-order valence-electron chi connectivity index (χ1n) is 7.50. The Hall–Kier alpha value is -1.97. The first-order chi connectivity index (χ1) is 9.96. The van der Waals surface area contributed by atoms with E-state index in [4.69, 9.17) is 4.74 Å². The normalized spacial score (nSPS) is 23.5. The molecule has 112 valence electrons. The maximum absolute atomic E-state index is 12.1. The van der Waals surface area contributed by atoms with Crippen LogP contribution < -0.4 is 10.4 Å². The summed E-state index contributed by atoms with van der Waals surface area (Å²) in [5, 5.41) is 1.95. The van der Waals surface area contributed by atoms with Crippen molar-refractivity contribution < 1.29 is 9.53 Å².